The SMILES string of the molecule is CCN(CC)S(=O)(=O)c1ccc(C)c(C(=O)N[C@@H](C)C(=O)O)c1. The van der Waals surface area contributed by atoms with Crippen LogP contribution in [0.2, 0.25) is 0 Å². The lowest BCUT2D eigenvalue weighted by Crippen LogP contribution is -2.38. The Hall–Kier alpha value is -1.93. The number of carbonyl (C=O) groups is 2. The Morgan fingerprint density at radius 1 is 1.26 bits per heavy atom. The van der Waals surface area contributed by atoms with Crippen LogP contribution in [0.5, 0.6) is 0 Å². The van der Waals surface area contributed by atoms with E-state index >= 15 is 0 Å². The van der Waals surface area contributed by atoms with Crippen molar-refractivity contribution < 1.29 is 23.1 Å². The van der Waals surface area contributed by atoms with Gasteiger partial charge >= 0.3 is 5.97 Å². The Morgan fingerprint density at radius 3 is 2.30 bits per heavy atom. The van der Waals surface area contributed by atoms with Crippen LogP contribution in [0.25, 0.3) is 0 Å². The van der Waals surface area contributed by atoms with Crippen molar-refractivity contribution in [2.75, 3.05) is 13.1 Å². The second kappa shape index (κ2) is 7.56. The molecular formula is C15H22N2O5S. The Kier molecular flexibility index (Phi) is 6.28. The number of hydrogen-bond donors (Lipinski definition) is 2. The first-order valence-corrected chi connectivity index (χ1v) is 8.73. The molecule has 0 saturated carbocycles. The van der Waals surface area contributed by atoms with Gasteiger partial charge in [0.15, 0.2) is 0 Å². The van der Waals surface area contributed by atoms with Gasteiger partial charge in [-0.3, -0.25) is 9.59 Å². The van der Waals surface area contributed by atoms with Gasteiger partial charge in [-0.05, 0) is 31.5 Å². The highest BCUT2D eigenvalue weighted by Crippen LogP contribution is 2.19. The van der Waals surface area contributed by atoms with Crippen molar-refractivity contribution in [3.8, 4) is 0 Å². The zero-order chi connectivity index (χ0) is 17.8. The summed E-state index contributed by atoms with van der Waals surface area (Å²) in [6, 6.07) is 3.20. The van der Waals surface area contributed by atoms with E-state index in [1.165, 1.54) is 29.4 Å². The quantitative estimate of drug-likeness (QED) is 0.775. The van der Waals surface area contributed by atoms with Crippen molar-refractivity contribution in [3.63, 3.8) is 0 Å². The molecule has 0 aliphatic carbocycles. The number of sulfonamides is 1. The average molecular weight is 342 g/mol. The third-order valence-electron chi connectivity index (χ3n) is 3.51. The third kappa shape index (κ3) is 4.29. The van der Waals surface area contributed by atoms with Gasteiger partial charge in [-0.15, -0.1) is 0 Å². The summed E-state index contributed by atoms with van der Waals surface area (Å²) in [6.07, 6.45) is 0. The molecule has 0 aliphatic rings. The molecule has 1 aromatic carbocycles. The van der Waals surface area contributed by atoms with Gasteiger partial charge in [-0.1, -0.05) is 19.9 Å². The van der Waals surface area contributed by atoms with E-state index in [2.05, 4.69) is 5.32 Å². The Bertz CT molecular complexity index is 696. The van der Waals surface area contributed by atoms with Gasteiger partial charge in [0.2, 0.25) is 10.0 Å². The van der Waals surface area contributed by atoms with E-state index in [4.69, 9.17) is 5.11 Å². The maximum Gasteiger partial charge on any atom is 0.325 e. The highest BCUT2D eigenvalue weighted by Gasteiger charge is 2.24. The Morgan fingerprint density at radius 2 is 1.83 bits per heavy atom. The number of rotatable bonds is 7. The first-order valence-electron chi connectivity index (χ1n) is 7.29. The van der Waals surface area contributed by atoms with Crippen LogP contribution in [0.15, 0.2) is 23.1 Å². The third-order valence-corrected chi connectivity index (χ3v) is 5.56. The van der Waals surface area contributed by atoms with Crippen molar-refractivity contribution in [1.82, 2.24) is 9.62 Å². The summed E-state index contributed by atoms with van der Waals surface area (Å²) in [5.74, 6) is -1.78. The molecule has 0 radical (unpaired) electrons. The van der Waals surface area contributed by atoms with Gasteiger partial charge in [0, 0.05) is 18.7 Å². The van der Waals surface area contributed by atoms with Gasteiger partial charge in [-0.2, -0.15) is 4.31 Å². The lowest BCUT2D eigenvalue weighted by Gasteiger charge is -2.19. The minimum absolute atomic E-state index is 0.0138. The maximum absolute atomic E-state index is 12.5. The minimum atomic E-state index is -3.68. The minimum Gasteiger partial charge on any atom is -0.480 e. The van der Waals surface area contributed by atoms with E-state index in [0.717, 1.165) is 0 Å². The molecule has 23 heavy (non-hydrogen) atoms. The van der Waals surface area contributed by atoms with Crippen molar-refractivity contribution in [1.29, 1.82) is 0 Å². The molecular weight excluding hydrogens is 320 g/mol. The van der Waals surface area contributed by atoms with Crippen molar-refractivity contribution >= 4 is 21.9 Å². The molecule has 0 aliphatic heterocycles. The van der Waals surface area contributed by atoms with Gasteiger partial charge in [0.05, 0.1) is 4.90 Å². The standard InChI is InChI=1S/C15H22N2O5S/c1-5-17(6-2)23(21,22)12-8-7-10(3)13(9-12)14(18)16-11(4)15(19)20/h7-9,11H,5-6H2,1-4H3,(H,16,18)(H,19,20)/t11-/m0/s1. The molecule has 1 amide bonds. The number of hydrogen-bond acceptors (Lipinski definition) is 4. The Labute approximate surface area is 136 Å². The van der Waals surface area contributed by atoms with Gasteiger partial charge in [0.25, 0.3) is 5.91 Å². The number of carboxylic acids is 1. The molecule has 128 valence electrons. The molecule has 1 atom stereocenters. The molecule has 0 aromatic heterocycles. The highest BCUT2D eigenvalue weighted by molar-refractivity contribution is 7.89. The summed E-state index contributed by atoms with van der Waals surface area (Å²) in [5.41, 5.74) is 0.713. The second-order valence-corrected chi connectivity index (χ2v) is 7.04. The smallest absolute Gasteiger partial charge is 0.325 e. The molecule has 1 aromatic rings. The number of aryl methyl sites for hydroxylation is 1. The predicted molar refractivity (Wildman–Crippen MR) is 85.8 cm³/mol. The molecule has 0 fully saturated rings. The molecule has 7 nitrogen and oxygen atoms in total. The van der Waals surface area contributed by atoms with E-state index in [9.17, 15) is 18.0 Å². The molecule has 1 rings (SSSR count). The largest absolute Gasteiger partial charge is 0.480 e. The lowest BCUT2D eigenvalue weighted by atomic mass is 10.1. The fraction of sp³-hybridized carbons (Fsp3) is 0.467. The van der Waals surface area contributed by atoms with Gasteiger partial charge in [0.1, 0.15) is 6.04 Å². The van der Waals surface area contributed by atoms with E-state index in [1.807, 2.05) is 0 Å². The van der Waals surface area contributed by atoms with Crippen molar-refractivity contribution in [3.05, 3.63) is 29.3 Å². The van der Waals surface area contributed by atoms with Crippen LogP contribution in [-0.4, -0.2) is 48.8 Å². The number of nitrogens with zero attached hydrogens (tertiary/aromatic N) is 1. The molecule has 0 bridgehead atoms. The van der Waals surface area contributed by atoms with Crippen LogP contribution in [0.4, 0.5) is 0 Å². The van der Waals surface area contributed by atoms with Crippen LogP contribution >= 0.6 is 0 Å². The molecule has 0 saturated heterocycles. The molecule has 8 heteroatoms. The number of benzene rings is 1. The number of aliphatic carboxylic acids is 1. The number of carbonyl (C=O) groups excluding carboxylic acids is 1. The van der Waals surface area contributed by atoms with Gasteiger partial charge < -0.3 is 10.4 Å². The van der Waals surface area contributed by atoms with E-state index in [-0.39, 0.29) is 10.5 Å². The van der Waals surface area contributed by atoms with Crippen LogP contribution in [0.1, 0.15) is 36.7 Å². The number of amides is 1. The summed E-state index contributed by atoms with van der Waals surface area (Å²) in [5, 5.41) is 11.2. The van der Waals surface area contributed by atoms with E-state index < -0.39 is 27.9 Å². The second-order valence-electron chi connectivity index (χ2n) is 5.10. The van der Waals surface area contributed by atoms with Crippen LogP contribution in [0.3, 0.4) is 0 Å². The first-order chi connectivity index (χ1) is 10.6. The van der Waals surface area contributed by atoms with E-state index in [0.29, 0.717) is 18.7 Å². The van der Waals surface area contributed by atoms with Crippen molar-refractivity contribution in [2.45, 2.75) is 38.6 Å². The topological polar surface area (TPSA) is 104 Å². The zero-order valence-electron chi connectivity index (χ0n) is 13.7. The van der Waals surface area contributed by atoms with Gasteiger partial charge in [-0.25, -0.2) is 8.42 Å². The first kappa shape index (κ1) is 19.1. The molecule has 2 N–H and O–H groups in total. The van der Waals surface area contributed by atoms with Crippen molar-refractivity contribution in [2.24, 2.45) is 0 Å². The normalized spacial score (nSPS) is 12.9. The molecule has 0 heterocycles. The molecule has 0 unspecified atom stereocenters. The number of nitrogens with one attached hydrogen (secondary N) is 1. The fourth-order valence-electron chi connectivity index (χ4n) is 2.05. The summed E-state index contributed by atoms with van der Waals surface area (Å²) < 4.78 is 26.3. The lowest BCUT2D eigenvalue weighted by molar-refractivity contribution is -0.138. The highest BCUT2D eigenvalue weighted by atomic mass is 32.2. The monoisotopic (exact) mass is 342 g/mol. The van der Waals surface area contributed by atoms with E-state index in [1.54, 1.807) is 20.8 Å². The fourth-order valence-corrected chi connectivity index (χ4v) is 3.54. The average Bonchev–Trinajstić information content (AvgIpc) is 2.48. The summed E-state index contributed by atoms with van der Waals surface area (Å²) in [4.78, 5) is 23.0. The Balaban J connectivity index is 3.23. The summed E-state index contributed by atoms with van der Waals surface area (Å²) in [7, 11) is -3.68. The molecule has 0 spiro atoms. The van der Waals surface area contributed by atoms with Crippen LogP contribution in [0, 0.1) is 6.92 Å². The maximum atomic E-state index is 12.5. The summed E-state index contributed by atoms with van der Waals surface area (Å²) in [6.45, 7) is 7.11. The van der Waals surface area contributed by atoms with Crippen LogP contribution < -0.4 is 5.32 Å². The van der Waals surface area contributed by atoms with Crippen LogP contribution in [-0.2, 0) is 14.8 Å². The number of carboxylic acid groups (broad SMARTS) is 1. The summed E-state index contributed by atoms with van der Waals surface area (Å²) >= 11 is 0. The predicted octanol–water partition coefficient (Wildman–Crippen LogP) is 1.23. The zero-order valence-corrected chi connectivity index (χ0v) is 14.5.